The Labute approximate surface area is 171 Å². The summed E-state index contributed by atoms with van der Waals surface area (Å²) in [6.45, 7) is 3.86. The minimum atomic E-state index is -0.511. The van der Waals surface area contributed by atoms with E-state index in [1.807, 2.05) is 26.0 Å². The van der Waals surface area contributed by atoms with Gasteiger partial charge in [0.25, 0.3) is 5.91 Å². The van der Waals surface area contributed by atoms with Crippen molar-refractivity contribution in [3.8, 4) is 5.75 Å². The number of anilines is 1. The Balaban J connectivity index is 1.69. The van der Waals surface area contributed by atoms with Crippen molar-refractivity contribution >= 4 is 39.8 Å². The van der Waals surface area contributed by atoms with E-state index >= 15 is 0 Å². The number of nitrogens with one attached hydrogen (secondary N) is 1. The number of hydrogen-bond donors (Lipinski definition) is 1. The second-order valence-corrected chi connectivity index (χ2v) is 7.65. The van der Waals surface area contributed by atoms with Gasteiger partial charge in [0.2, 0.25) is 0 Å². The molecule has 0 saturated heterocycles. The maximum Gasteiger partial charge on any atom is 0.340 e. The highest BCUT2D eigenvalue weighted by molar-refractivity contribution is 7.16. The van der Waals surface area contributed by atoms with Crippen LogP contribution in [0.3, 0.4) is 0 Å². The standard InChI is InChI=1S/C20H18ClNO5S/c1-11-5-4-6-15(21)17(11)26-10-13-7-8-16(27-13)18(23)22-19-14(20(24)25-3)9-12(2)28-19/h4-9H,10H2,1-3H3,(H,22,23). The van der Waals surface area contributed by atoms with Gasteiger partial charge >= 0.3 is 5.97 Å². The van der Waals surface area contributed by atoms with Crippen LogP contribution in [0.2, 0.25) is 5.02 Å². The molecule has 0 aliphatic rings. The molecule has 146 valence electrons. The molecule has 1 N–H and O–H groups in total. The van der Waals surface area contributed by atoms with Crippen molar-refractivity contribution in [2.24, 2.45) is 0 Å². The van der Waals surface area contributed by atoms with E-state index in [4.69, 9.17) is 25.5 Å². The third-order valence-corrected chi connectivity index (χ3v) is 5.16. The monoisotopic (exact) mass is 419 g/mol. The Morgan fingerprint density at radius 2 is 2.00 bits per heavy atom. The van der Waals surface area contributed by atoms with Crippen molar-refractivity contribution in [1.82, 2.24) is 0 Å². The fourth-order valence-electron chi connectivity index (χ4n) is 2.55. The van der Waals surface area contributed by atoms with Crippen molar-refractivity contribution in [2.45, 2.75) is 20.5 Å². The van der Waals surface area contributed by atoms with Gasteiger partial charge in [0, 0.05) is 4.88 Å². The number of rotatable bonds is 6. The number of para-hydroxylation sites is 1. The number of thiophene rings is 1. The van der Waals surface area contributed by atoms with Crippen molar-refractivity contribution in [2.75, 3.05) is 12.4 Å². The summed E-state index contributed by atoms with van der Waals surface area (Å²) in [4.78, 5) is 25.2. The number of aryl methyl sites for hydroxylation is 2. The number of esters is 1. The smallest absolute Gasteiger partial charge is 0.340 e. The SMILES string of the molecule is COC(=O)c1cc(C)sc1NC(=O)c1ccc(COc2c(C)cccc2Cl)o1. The van der Waals surface area contributed by atoms with Gasteiger partial charge in [-0.25, -0.2) is 4.79 Å². The zero-order valence-electron chi connectivity index (χ0n) is 15.5. The van der Waals surface area contributed by atoms with Gasteiger partial charge in [0.15, 0.2) is 5.76 Å². The zero-order chi connectivity index (χ0) is 20.3. The molecule has 3 rings (SSSR count). The van der Waals surface area contributed by atoms with Gasteiger partial charge in [-0.05, 0) is 43.7 Å². The van der Waals surface area contributed by atoms with Gasteiger partial charge in [0.1, 0.15) is 23.1 Å². The minimum Gasteiger partial charge on any atom is -0.484 e. The number of carbonyl (C=O) groups excluding carboxylic acids is 2. The summed E-state index contributed by atoms with van der Waals surface area (Å²) < 4.78 is 16.0. The lowest BCUT2D eigenvalue weighted by Gasteiger charge is -2.09. The van der Waals surface area contributed by atoms with E-state index in [2.05, 4.69) is 5.32 Å². The first-order valence-electron chi connectivity index (χ1n) is 8.35. The number of benzene rings is 1. The average Bonchev–Trinajstić information content (AvgIpc) is 3.27. The molecule has 8 heteroatoms. The second-order valence-electron chi connectivity index (χ2n) is 5.99. The molecule has 28 heavy (non-hydrogen) atoms. The van der Waals surface area contributed by atoms with E-state index < -0.39 is 11.9 Å². The zero-order valence-corrected chi connectivity index (χ0v) is 17.1. The molecule has 6 nitrogen and oxygen atoms in total. The highest BCUT2D eigenvalue weighted by atomic mass is 35.5. The summed E-state index contributed by atoms with van der Waals surface area (Å²) in [5, 5.41) is 3.61. The fourth-order valence-corrected chi connectivity index (χ4v) is 3.72. The highest BCUT2D eigenvalue weighted by Crippen LogP contribution is 2.30. The molecule has 0 aliphatic carbocycles. The number of furan rings is 1. The summed E-state index contributed by atoms with van der Waals surface area (Å²) in [7, 11) is 1.29. The fraction of sp³-hybridized carbons (Fsp3) is 0.200. The number of carbonyl (C=O) groups is 2. The van der Waals surface area contributed by atoms with Crippen LogP contribution in [0.15, 0.2) is 40.8 Å². The van der Waals surface area contributed by atoms with Crippen LogP contribution in [0, 0.1) is 13.8 Å². The van der Waals surface area contributed by atoms with Crippen LogP contribution in [0.4, 0.5) is 5.00 Å². The molecule has 2 heterocycles. The van der Waals surface area contributed by atoms with Gasteiger partial charge in [-0.3, -0.25) is 4.79 Å². The first-order valence-corrected chi connectivity index (χ1v) is 9.55. The third-order valence-electron chi connectivity index (χ3n) is 3.90. The van der Waals surface area contributed by atoms with E-state index in [1.165, 1.54) is 18.4 Å². The summed E-state index contributed by atoms with van der Waals surface area (Å²) in [5.41, 5.74) is 1.21. The third kappa shape index (κ3) is 4.37. The quantitative estimate of drug-likeness (QED) is 0.553. The molecule has 1 amide bonds. The Kier molecular flexibility index (Phi) is 6.06. The molecule has 0 bridgehead atoms. The second kappa shape index (κ2) is 8.50. The minimum absolute atomic E-state index is 0.108. The molecule has 2 aromatic heterocycles. The first kappa shape index (κ1) is 20.0. The van der Waals surface area contributed by atoms with Gasteiger partial charge in [-0.1, -0.05) is 23.7 Å². The highest BCUT2D eigenvalue weighted by Gasteiger charge is 2.20. The molecule has 0 unspecified atom stereocenters. The number of hydrogen-bond acceptors (Lipinski definition) is 6. The van der Waals surface area contributed by atoms with Crippen LogP contribution in [0.5, 0.6) is 5.75 Å². The molecule has 1 aromatic carbocycles. The van der Waals surface area contributed by atoms with Crippen molar-refractivity contribution in [3.05, 3.63) is 68.9 Å². The topological polar surface area (TPSA) is 77.8 Å². The lowest BCUT2D eigenvalue weighted by atomic mass is 10.2. The molecule has 0 fully saturated rings. The van der Waals surface area contributed by atoms with Crippen molar-refractivity contribution < 1.29 is 23.5 Å². The van der Waals surface area contributed by atoms with Gasteiger partial charge < -0.3 is 19.2 Å². The van der Waals surface area contributed by atoms with Crippen LogP contribution in [0.1, 0.15) is 37.1 Å². The largest absolute Gasteiger partial charge is 0.484 e. The molecule has 0 radical (unpaired) electrons. The van der Waals surface area contributed by atoms with E-state index in [1.54, 1.807) is 24.3 Å². The molecule has 0 aliphatic heterocycles. The first-order chi connectivity index (χ1) is 13.4. The Morgan fingerprint density at radius 1 is 1.21 bits per heavy atom. The average molecular weight is 420 g/mol. The van der Waals surface area contributed by atoms with Crippen LogP contribution >= 0.6 is 22.9 Å². The molecule has 0 spiro atoms. The van der Waals surface area contributed by atoms with E-state index in [9.17, 15) is 9.59 Å². The normalized spacial score (nSPS) is 10.6. The predicted octanol–water partition coefficient (Wildman–Crippen LogP) is 5.23. The van der Waals surface area contributed by atoms with E-state index in [0.717, 1.165) is 10.4 Å². The summed E-state index contributed by atoms with van der Waals surface area (Å²) in [5.74, 6) is 0.176. The summed E-state index contributed by atoms with van der Waals surface area (Å²) in [6.07, 6.45) is 0. The number of halogens is 1. The Bertz CT molecular complexity index is 1000. The molecular weight excluding hydrogens is 402 g/mol. The molecular formula is C20H18ClNO5S. The van der Waals surface area contributed by atoms with Crippen LogP contribution in [0.25, 0.3) is 0 Å². The van der Waals surface area contributed by atoms with Crippen LogP contribution in [-0.2, 0) is 11.3 Å². The van der Waals surface area contributed by atoms with Gasteiger partial charge in [-0.15, -0.1) is 11.3 Å². The number of ether oxygens (including phenoxy) is 2. The van der Waals surface area contributed by atoms with Crippen molar-refractivity contribution in [3.63, 3.8) is 0 Å². The lowest BCUT2D eigenvalue weighted by molar-refractivity contribution is 0.0602. The number of amides is 1. The number of methoxy groups -OCH3 is 1. The van der Waals surface area contributed by atoms with Crippen LogP contribution in [-0.4, -0.2) is 19.0 Å². The van der Waals surface area contributed by atoms with Crippen LogP contribution < -0.4 is 10.1 Å². The molecule has 0 saturated carbocycles. The maximum atomic E-state index is 12.5. The van der Waals surface area contributed by atoms with Gasteiger partial charge in [0.05, 0.1) is 17.7 Å². The molecule has 0 atom stereocenters. The predicted molar refractivity (Wildman–Crippen MR) is 108 cm³/mol. The Hall–Kier alpha value is -2.77. The molecule has 3 aromatic rings. The Morgan fingerprint density at radius 3 is 2.71 bits per heavy atom. The summed E-state index contributed by atoms with van der Waals surface area (Å²) in [6, 6.07) is 10.3. The lowest BCUT2D eigenvalue weighted by Crippen LogP contribution is -2.13. The van der Waals surface area contributed by atoms with E-state index in [-0.39, 0.29) is 12.4 Å². The van der Waals surface area contributed by atoms with Crippen molar-refractivity contribution in [1.29, 1.82) is 0 Å². The van der Waals surface area contributed by atoms with Gasteiger partial charge in [-0.2, -0.15) is 0 Å². The van der Waals surface area contributed by atoms with E-state index in [0.29, 0.717) is 27.1 Å². The maximum absolute atomic E-state index is 12.5. The summed E-state index contributed by atoms with van der Waals surface area (Å²) >= 11 is 7.42.